The van der Waals surface area contributed by atoms with Crippen molar-refractivity contribution >= 4 is 0 Å². The zero-order valence-electron chi connectivity index (χ0n) is 12.1. The summed E-state index contributed by atoms with van der Waals surface area (Å²) in [5, 5.41) is 0. The third kappa shape index (κ3) is 4.51. The van der Waals surface area contributed by atoms with E-state index in [4.69, 9.17) is 10.5 Å². The summed E-state index contributed by atoms with van der Waals surface area (Å²) < 4.78 is 5.41. The molecule has 0 aliphatic carbocycles. The predicted octanol–water partition coefficient (Wildman–Crippen LogP) is 2.30. The van der Waals surface area contributed by atoms with Gasteiger partial charge in [-0.1, -0.05) is 25.1 Å². The van der Waals surface area contributed by atoms with Crippen LogP contribution < -0.4 is 10.5 Å². The van der Waals surface area contributed by atoms with Crippen molar-refractivity contribution in [3.63, 3.8) is 0 Å². The van der Waals surface area contributed by atoms with Crippen LogP contribution in [0.25, 0.3) is 0 Å². The van der Waals surface area contributed by atoms with Gasteiger partial charge in [-0.2, -0.15) is 0 Å². The Kier molecular flexibility index (Phi) is 5.23. The number of hydrogen-bond acceptors (Lipinski definition) is 3. The van der Waals surface area contributed by atoms with Crippen molar-refractivity contribution in [1.82, 2.24) is 4.90 Å². The van der Waals surface area contributed by atoms with E-state index in [1.165, 1.54) is 31.5 Å². The number of fused-ring (bicyclic) bond motifs is 1. The van der Waals surface area contributed by atoms with Crippen molar-refractivity contribution in [3.8, 4) is 5.75 Å². The molecular weight excluding hydrogens is 236 g/mol. The molecular formula is C16H26N2O. The molecule has 1 aromatic rings. The third-order valence-electron chi connectivity index (χ3n) is 3.91. The van der Waals surface area contributed by atoms with Crippen molar-refractivity contribution < 1.29 is 4.74 Å². The van der Waals surface area contributed by atoms with Crippen LogP contribution in [-0.4, -0.2) is 37.7 Å². The minimum Gasteiger partial charge on any atom is -0.492 e. The summed E-state index contributed by atoms with van der Waals surface area (Å²) in [5.74, 6) is 1.97. The molecule has 19 heavy (non-hydrogen) atoms. The molecule has 1 fully saturated rings. The summed E-state index contributed by atoms with van der Waals surface area (Å²) in [7, 11) is 2.20. The largest absolute Gasteiger partial charge is 0.492 e. The van der Waals surface area contributed by atoms with Gasteiger partial charge in [0.25, 0.3) is 0 Å². The van der Waals surface area contributed by atoms with Crippen LogP contribution in [0.4, 0.5) is 0 Å². The molecule has 2 aliphatic heterocycles. The molecule has 1 aromatic carbocycles. The Labute approximate surface area is 116 Å². The highest BCUT2D eigenvalue weighted by Gasteiger charge is 2.14. The first-order valence-corrected chi connectivity index (χ1v) is 7.30. The third-order valence-corrected chi connectivity index (χ3v) is 3.91. The first kappa shape index (κ1) is 14.4. The van der Waals surface area contributed by atoms with Crippen molar-refractivity contribution in [2.75, 3.05) is 26.7 Å². The summed E-state index contributed by atoms with van der Waals surface area (Å²) in [5.41, 5.74) is 6.95. The van der Waals surface area contributed by atoms with Crippen molar-refractivity contribution in [1.29, 1.82) is 0 Å². The summed E-state index contributed by atoms with van der Waals surface area (Å²) >= 11 is 0. The predicted molar refractivity (Wildman–Crippen MR) is 79.5 cm³/mol. The highest BCUT2D eigenvalue weighted by Crippen LogP contribution is 2.22. The van der Waals surface area contributed by atoms with Gasteiger partial charge in [0.15, 0.2) is 0 Å². The molecule has 3 heteroatoms. The fourth-order valence-corrected chi connectivity index (χ4v) is 2.49. The fraction of sp³-hybridized carbons (Fsp3) is 0.625. The van der Waals surface area contributed by atoms with Crippen LogP contribution in [0, 0.1) is 5.92 Å². The number of likely N-dealkylation sites (tertiary alicyclic amines) is 1. The Morgan fingerprint density at radius 3 is 2.58 bits per heavy atom. The number of nitrogens with zero attached hydrogens (tertiary/aromatic N) is 1. The average Bonchev–Trinajstić information content (AvgIpc) is 2.43. The second kappa shape index (κ2) is 6.92. The van der Waals surface area contributed by atoms with Crippen molar-refractivity contribution in [2.24, 2.45) is 11.7 Å². The molecule has 0 aromatic heterocycles. The van der Waals surface area contributed by atoms with Gasteiger partial charge in [-0.05, 0) is 56.9 Å². The van der Waals surface area contributed by atoms with E-state index in [9.17, 15) is 0 Å². The van der Waals surface area contributed by atoms with Crippen LogP contribution in [0.3, 0.4) is 0 Å². The molecule has 2 aliphatic rings. The number of hydrogen-bond donors (Lipinski definition) is 1. The molecule has 3 rings (SSSR count). The van der Waals surface area contributed by atoms with Crippen LogP contribution in [0.15, 0.2) is 24.3 Å². The molecule has 3 nitrogen and oxygen atoms in total. The summed E-state index contributed by atoms with van der Waals surface area (Å²) in [6.07, 6.45) is 3.74. The quantitative estimate of drug-likeness (QED) is 0.779. The van der Waals surface area contributed by atoms with Gasteiger partial charge in [0.2, 0.25) is 0 Å². The minimum absolute atomic E-state index is 0.171. The van der Waals surface area contributed by atoms with Crippen LogP contribution in [0.5, 0.6) is 5.75 Å². The first-order chi connectivity index (χ1) is 9.15. The molecule has 2 N–H and O–H groups in total. The summed E-state index contributed by atoms with van der Waals surface area (Å²) in [4.78, 5) is 2.40. The standard InChI is InChI=1S/C9H11NO.C7H15N/c10-8-5-7-3-1-2-4-9(7)11-6-8;1-7-3-5-8(2)6-4-7/h1-4,8H,5-6,10H2;7H,3-6H2,1-2H3. The van der Waals surface area contributed by atoms with Gasteiger partial charge in [0.05, 0.1) is 0 Å². The molecule has 0 amide bonds. The molecule has 1 saturated heterocycles. The first-order valence-electron chi connectivity index (χ1n) is 7.30. The van der Waals surface area contributed by atoms with E-state index < -0.39 is 0 Å². The average molecular weight is 262 g/mol. The summed E-state index contributed by atoms with van der Waals surface area (Å²) in [6, 6.07) is 8.22. The maximum atomic E-state index is 5.72. The normalized spacial score (nSPS) is 23.8. The van der Waals surface area contributed by atoms with Crippen LogP contribution in [-0.2, 0) is 6.42 Å². The van der Waals surface area contributed by atoms with Crippen LogP contribution >= 0.6 is 0 Å². The summed E-state index contributed by atoms with van der Waals surface area (Å²) in [6.45, 7) is 5.60. The van der Waals surface area contributed by atoms with E-state index >= 15 is 0 Å². The molecule has 1 unspecified atom stereocenters. The van der Waals surface area contributed by atoms with Gasteiger partial charge in [0.1, 0.15) is 12.4 Å². The van der Waals surface area contributed by atoms with Crippen molar-refractivity contribution in [3.05, 3.63) is 29.8 Å². The van der Waals surface area contributed by atoms with Gasteiger partial charge in [0, 0.05) is 6.04 Å². The fourth-order valence-electron chi connectivity index (χ4n) is 2.49. The molecule has 1 atom stereocenters. The lowest BCUT2D eigenvalue weighted by Crippen LogP contribution is -2.33. The molecule has 106 valence electrons. The molecule has 0 saturated carbocycles. The van der Waals surface area contributed by atoms with Gasteiger partial charge in [-0.3, -0.25) is 0 Å². The highest BCUT2D eigenvalue weighted by atomic mass is 16.5. The molecule has 0 radical (unpaired) electrons. The Morgan fingerprint density at radius 2 is 1.89 bits per heavy atom. The van der Waals surface area contributed by atoms with E-state index in [2.05, 4.69) is 24.9 Å². The van der Waals surface area contributed by atoms with Crippen LogP contribution in [0.2, 0.25) is 0 Å². The number of para-hydroxylation sites is 1. The van der Waals surface area contributed by atoms with Gasteiger partial charge < -0.3 is 15.4 Å². The Balaban J connectivity index is 0.000000148. The van der Waals surface area contributed by atoms with E-state index in [-0.39, 0.29) is 6.04 Å². The van der Waals surface area contributed by atoms with E-state index in [0.717, 1.165) is 18.1 Å². The lowest BCUT2D eigenvalue weighted by molar-refractivity contribution is 0.230. The van der Waals surface area contributed by atoms with E-state index in [1.807, 2.05) is 18.2 Å². The Morgan fingerprint density at radius 1 is 1.21 bits per heavy atom. The minimum atomic E-state index is 0.171. The van der Waals surface area contributed by atoms with Crippen molar-refractivity contribution in [2.45, 2.75) is 32.2 Å². The van der Waals surface area contributed by atoms with Gasteiger partial charge in [-0.15, -0.1) is 0 Å². The smallest absolute Gasteiger partial charge is 0.122 e. The number of piperidine rings is 1. The Bertz CT molecular complexity index is 376. The lowest BCUT2D eigenvalue weighted by Gasteiger charge is -2.26. The van der Waals surface area contributed by atoms with Gasteiger partial charge >= 0.3 is 0 Å². The lowest BCUT2D eigenvalue weighted by atomic mass is 10.00. The Hall–Kier alpha value is -1.06. The molecule has 0 spiro atoms. The maximum Gasteiger partial charge on any atom is 0.122 e. The maximum absolute atomic E-state index is 5.72. The van der Waals surface area contributed by atoms with Crippen LogP contribution in [0.1, 0.15) is 25.3 Å². The number of benzene rings is 1. The molecule has 2 heterocycles. The van der Waals surface area contributed by atoms with E-state index in [1.54, 1.807) is 0 Å². The monoisotopic (exact) mass is 262 g/mol. The highest BCUT2D eigenvalue weighted by molar-refractivity contribution is 5.35. The topological polar surface area (TPSA) is 38.5 Å². The second-order valence-corrected chi connectivity index (χ2v) is 5.87. The van der Waals surface area contributed by atoms with E-state index in [0.29, 0.717) is 6.61 Å². The second-order valence-electron chi connectivity index (χ2n) is 5.87. The number of rotatable bonds is 0. The number of nitrogens with two attached hydrogens (primary N) is 1. The van der Waals surface area contributed by atoms with Gasteiger partial charge in [-0.25, -0.2) is 0 Å². The SMILES string of the molecule is CC1CCN(C)CC1.NC1COc2ccccc2C1. The zero-order valence-corrected chi connectivity index (χ0v) is 12.1. The number of ether oxygens (including phenoxy) is 1. The zero-order chi connectivity index (χ0) is 13.7. The molecule has 0 bridgehead atoms.